The van der Waals surface area contributed by atoms with Crippen LogP contribution in [0, 0.1) is 0 Å². The Morgan fingerprint density at radius 2 is 2.50 bits per heavy atom. The summed E-state index contributed by atoms with van der Waals surface area (Å²) in [6, 6.07) is 3.54. The second kappa shape index (κ2) is 6.88. The number of carbonyl (C=O) groups excluding carboxylic acids is 1. The first-order valence-corrected chi connectivity index (χ1v) is 6.63. The number of nitrogens with one attached hydrogen (secondary N) is 1. The molecule has 0 aliphatic carbocycles. The lowest BCUT2D eigenvalue weighted by molar-refractivity contribution is -0.119. The predicted octanol–water partition coefficient (Wildman–Crippen LogP) is 1.40. The number of halogens is 1. The van der Waals surface area contributed by atoms with Crippen molar-refractivity contribution < 1.29 is 4.79 Å². The number of hydrogen-bond donors (Lipinski definition) is 2. The van der Waals surface area contributed by atoms with Gasteiger partial charge in [-0.3, -0.25) is 4.79 Å². The molecule has 0 aromatic carbocycles. The van der Waals surface area contributed by atoms with E-state index >= 15 is 0 Å². The highest BCUT2D eigenvalue weighted by Gasteiger charge is 2.12. The quantitative estimate of drug-likeness (QED) is 0.780. The average molecular weight is 304 g/mol. The van der Waals surface area contributed by atoms with Crippen LogP contribution in [0.3, 0.4) is 0 Å². The lowest BCUT2D eigenvalue weighted by Crippen LogP contribution is -2.39. The van der Waals surface area contributed by atoms with Crippen LogP contribution < -0.4 is 11.1 Å². The summed E-state index contributed by atoms with van der Waals surface area (Å²) in [6.45, 7) is 0. The van der Waals surface area contributed by atoms with Gasteiger partial charge in [0.2, 0.25) is 5.91 Å². The molecule has 1 amide bonds. The molecule has 0 saturated heterocycles. The van der Waals surface area contributed by atoms with Crippen LogP contribution in [0.4, 0.5) is 0 Å². The predicted molar refractivity (Wildman–Crippen MR) is 69.3 cm³/mol. The Morgan fingerprint density at radius 1 is 1.75 bits per heavy atom. The summed E-state index contributed by atoms with van der Waals surface area (Å²) in [5.74, 6) is 0.479. The molecule has 6 heteroatoms. The zero-order chi connectivity index (χ0) is 12.0. The Balaban J connectivity index is 2.41. The standard InChI is InChI=1S/C10H14BrN3OS/c1-13-8(9(12)15)4-6-16-10-7(11)3-2-5-14-10/h2-3,5,8,13H,4,6H2,1H3,(H2,12,15). The third kappa shape index (κ3) is 4.11. The minimum absolute atomic E-state index is 0.269. The number of pyridine rings is 1. The molecule has 0 spiro atoms. The van der Waals surface area contributed by atoms with Crippen molar-refractivity contribution in [1.82, 2.24) is 10.3 Å². The van der Waals surface area contributed by atoms with Crippen LogP contribution in [0.2, 0.25) is 0 Å². The van der Waals surface area contributed by atoms with Crippen LogP contribution in [-0.4, -0.2) is 29.7 Å². The van der Waals surface area contributed by atoms with Crippen molar-refractivity contribution in [1.29, 1.82) is 0 Å². The molecule has 0 radical (unpaired) electrons. The number of aromatic nitrogens is 1. The van der Waals surface area contributed by atoms with Gasteiger partial charge < -0.3 is 11.1 Å². The fourth-order valence-electron chi connectivity index (χ4n) is 1.18. The van der Waals surface area contributed by atoms with E-state index in [2.05, 4.69) is 26.2 Å². The molecule has 0 saturated carbocycles. The van der Waals surface area contributed by atoms with Crippen LogP contribution in [0.5, 0.6) is 0 Å². The molecule has 4 nitrogen and oxygen atoms in total. The Hall–Kier alpha value is -0.590. The summed E-state index contributed by atoms with van der Waals surface area (Å²) >= 11 is 5.02. The smallest absolute Gasteiger partial charge is 0.234 e. The molecule has 16 heavy (non-hydrogen) atoms. The van der Waals surface area contributed by atoms with Gasteiger partial charge in [-0.1, -0.05) is 0 Å². The maximum Gasteiger partial charge on any atom is 0.234 e. The van der Waals surface area contributed by atoms with Gasteiger partial charge in [0.05, 0.1) is 6.04 Å². The minimum Gasteiger partial charge on any atom is -0.368 e. The van der Waals surface area contributed by atoms with Gasteiger partial charge in [-0.15, -0.1) is 11.8 Å². The number of likely N-dealkylation sites (N-methyl/N-ethyl adjacent to an activating group) is 1. The first-order valence-electron chi connectivity index (χ1n) is 4.85. The van der Waals surface area contributed by atoms with Crippen molar-refractivity contribution in [2.24, 2.45) is 5.73 Å². The summed E-state index contributed by atoms with van der Waals surface area (Å²) < 4.78 is 0.972. The lowest BCUT2D eigenvalue weighted by Gasteiger charge is -2.11. The van der Waals surface area contributed by atoms with Crippen molar-refractivity contribution >= 4 is 33.6 Å². The highest BCUT2D eigenvalue weighted by atomic mass is 79.9. The fourth-order valence-corrected chi connectivity index (χ4v) is 2.67. The Bertz CT molecular complexity index is 362. The summed E-state index contributed by atoms with van der Waals surface area (Å²) in [5.41, 5.74) is 5.22. The molecule has 1 heterocycles. The molecule has 1 aromatic rings. The topological polar surface area (TPSA) is 68.0 Å². The number of amides is 1. The van der Waals surface area contributed by atoms with Gasteiger partial charge in [0.1, 0.15) is 5.03 Å². The molecule has 0 aliphatic heterocycles. The minimum atomic E-state index is -0.316. The van der Waals surface area contributed by atoms with Crippen LogP contribution >= 0.6 is 27.7 Å². The molecule has 3 N–H and O–H groups in total. The molecule has 1 rings (SSSR count). The molecule has 0 bridgehead atoms. The van der Waals surface area contributed by atoms with E-state index in [0.29, 0.717) is 6.42 Å². The van der Waals surface area contributed by atoms with Gasteiger partial charge in [0.25, 0.3) is 0 Å². The number of nitrogens with zero attached hydrogens (tertiary/aromatic N) is 1. The van der Waals surface area contributed by atoms with Crippen LogP contribution in [0.1, 0.15) is 6.42 Å². The summed E-state index contributed by atoms with van der Waals surface area (Å²) in [6.07, 6.45) is 2.44. The maximum absolute atomic E-state index is 11.0. The van der Waals surface area contributed by atoms with Crippen LogP contribution in [0.15, 0.2) is 27.8 Å². The van der Waals surface area contributed by atoms with E-state index in [-0.39, 0.29) is 11.9 Å². The van der Waals surface area contributed by atoms with Gasteiger partial charge >= 0.3 is 0 Å². The number of rotatable bonds is 6. The van der Waals surface area contributed by atoms with E-state index in [4.69, 9.17) is 5.73 Å². The van der Waals surface area contributed by atoms with Crippen LogP contribution in [0.25, 0.3) is 0 Å². The zero-order valence-electron chi connectivity index (χ0n) is 8.94. The average Bonchev–Trinajstić information content (AvgIpc) is 2.26. The number of primary amides is 1. The molecular formula is C10H14BrN3OS. The number of thioether (sulfide) groups is 1. The van der Waals surface area contributed by atoms with Gasteiger partial charge in [0, 0.05) is 16.4 Å². The first-order chi connectivity index (χ1) is 7.65. The second-order valence-electron chi connectivity index (χ2n) is 3.17. The van der Waals surface area contributed by atoms with Gasteiger partial charge in [-0.05, 0) is 41.5 Å². The van der Waals surface area contributed by atoms with Crippen LogP contribution in [-0.2, 0) is 4.79 Å². The Labute approximate surface area is 108 Å². The van der Waals surface area contributed by atoms with E-state index in [0.717, 1.165) is 15.3 Å². The molecule has 1 atom stereocenters. The van der Waals surface area contributed by atoms with Gasteiger partial charge in [-0.25, -0.2) is 4.98 Å². The normalized spacial score (nSPS) is 12.4. The van der Waals surface area contributed by atoms with E-state index in [1.54, 1.807) is 25.0 Å². The van der Waals surface area contributed by atoms with Crippen molar-refractivity contribution in [2.45, 2.75) is 17.5 Å². The highest BCUT2D eigenvalue weighted by molar-refractivity contribution is 9.10. The zero-order valence-corrected chi connectivity index (χ0v) is 11.3. The molecule has 88 valence electrons. The Morgan fingerprint density at radius 3 is 3.06 bits per heavy atom. The summed E-state index contributed by atoms with van der Waals surface area (Å²) in [7, 11) is 1.73. The van der Waals surface area contributed by atoms with E-state index in [1.807, 2.05) is 12.1 Å². The third-order valence-electron chi connectivity index (χ3n) is 2.06. The SMILES string of the molecule is CNC(CCSc1ncccc1Br)C(N)=O. The maximum atomic E-state index is 11.0. The third-order valence-corrected chi connectivity index (χ3v) is 4.00. The summed E-state index contributed by atoms with van der Waals surface area (Å²) in [4.78, 5) is 15.2. The molecule has 0 aliphatic rings. The monoisotopic (exact) mass is 303 g/mol. The Kier molecular flexibility index (Phi) is 5.79. The van der Waals surface area contributed by atoms with E-state index in [1.165, 1.54) is 0 Å². The van der Waals surface area contributed by atoms with Crippen molar-refractivity contribution in [3.63, 3.8) is 0 Å². The van der Waals surface area contributed by atoms with Gasteiger partial charge in [0.15, 0.2) is 0 Å². The molecular weight excluding hydrogens is 290 g/mol. The van der Waals surface area contributed by atoms with Crippen molar-refractivity contribution in [3.05, 3.63) is 22.8 Å². The lowest BCUT2D eigenvalue weighted by atomic mass is 10.2. The second-order valence-corrected chi connectivity index (χ2v) is 5.11. The largest absolute Gasteiger partial charge is 0.368 e. The summed E-state index contributed by atoms with van der Waals surface area (Å²) in [5, 5.41) is 3.81. The number of hydrogen-bond acceptors (Lipinski definition) is 4. The van der Waals surface area contributed by atoms with Gasteiger partial charge in [-0.2, -0.15) is 0 Å². The van der Waals surface area contributed by atoms with E-state index in [9.17, 15) is 4.79 Å². The number of carbonyl (C=O) groups is 1. The molecule has 1 aromatic heterocycles. The highest BCUT2D eigenvalue weighted by Crippen LogP contribution is 2.25. The fraction of sp³-hybridized carbons (Fsp3) is 0.400. The van der Waals surface area contributed by atoms with Crippen molar-refractivity contribution in [2.75, 3.05) is 12.8 Å². The first kappa shape index (κ1) is 13.5. The van der Waals surface area contributed by atoms with Crippen molar-refractivity contribution in [3.8, 4) is 0 Å². The molecule has 0 fully saturated rings. The van der Waals surface area contributed by atoms with E-state index < -0.39 is 0 Å². The molecule has 1 unspecified atom stereocenters. The number of nitrogens with two attached hydrogens (primary N) is 1.